The van der Waals surface area contributed by atoms with Crippen molar-refractivity contribution in [2.75, 3.05) is 0 Å². The van der Waals surface area contributed by atoms with E-state index in [4.69, 9.17) is 0 Å². The molecule has 1 aromatic heterocycles. The highest BCUT2D eigenvalue weighted by Crippen LogP contribution is 2.27. The van der Waals surface area contributed by atoms with Gasteiger partial charge in [-0.25, -0.2) is 0 Å². The van der Waals surface area contributed by atoms with Crippen LogP contribution in [-0.2, 0) is 6.42 Å². The van der Waals surface area contributed by atoms with Crippen molar-refractivity contribution in [3.63, 3.8) is 0 Å². The highest BCUT2D eigenvalue weighted by Gasteiger charge is 2.18. The number of hydrogen-bond acceptors (Lipinski definition) is 1. The van der Waals surface area contributed by atoms with Gasteiger partial charge in [-0.1, -0.05) is 40.5 Å². The van der Waals surface area contributed by atoms with E-state index < -0.39 is 0 Å². The molecule has 0 aliphatic carbocycles. The molecule has 3 unspecified atom stereocenters. The zero-order valence-electron chi connectivity index (χ0n) is 11.8. The Labute approximate surface area is 107 Å². The summed E-state index contributed by atoms with van der Waals surface area (Å²) in [6.45, 7) is 9.38. The van der Waals surface area contributed by atoms with Crippen LogP contribution in [0.1, 0.15) is 52.5 Å². The Morgan fingerprint density at radius 2 is 1.71 bits per heavy atom. The first-order valence-electron chi connectivity index (χ1n) is 7.06. The van der Waals surface area contributed by atoms with Gasteiger partial charge in [0.05, 0.1) is 0 Å². The molecule has 1 aromatic rings. The molecule has 17 heavy (non-hydrogen) atoms. The molecule has 96 valence electrons. The van der Waals surface area contributed by atoms with E-state index in [1.807, 2.05) is 12.4 Å². The second-order valence-electron chi connectivity index (χ2n) is 5.45. The second-order valence-corrected chi connectivity index (χ2v) is 5.45. The van der Waals surface area contributed by atoms with Gasteiger partial charge in [0.1, 0.15) is 0 Å². The third-order valence-corrected chi connectivity index (χ3v) is 4.10. The van der Waals surface area contributed by atoms with Gasteiger partial charge in [0.25, 0.3) is 0 Å². The van der Waals surface area contributed by atoms with Crippen LogP contribution in [0.2, 0.25) is 0 Å². The van der Waals surface area contributed by atoms with Gasteiger partial charge in [0.2, 0.25) is 0 Å². The van der Waals surface area contributed by atoms with Gasteiger partial charge in [-0.15, -0.1) is 0 Å². The molecule has 0 N–H and O–H groups in total. The fourth-order valence-electron chi connectivity index (χ4n) is 2.36. The highest BCUT2D eigenvalue weighted by atomic mass is 14.6. The van der Waals surface area contributed by atoms with E-state index in [1.165, 1.54) is 31.2 Å². The van der Waals surface area contributed by atoms with Gasteiger partial charge in [0, 0.05) is 12.4 Å². The summed E-state index contributed by atoms with van der Waals surface area (Å²) < 4.78 is 0. The molecule has 1 nitrogen and oxygen atoms in total. The molecule has 0 aliphatic rings. The summed E-state index contributed by atoms with van der Waals surface area (Å²) in [6, 6.07) is 4.32. The maximum Gasteiger partial charge on any atom is 0.0270 e. The van der Waals surface area contributed by atoms with Crippen molar-refractivity contribution < 1.29 is 0 Å². The molecule has 0 amide bonds. The molecule has 1 heterocycles. The summed E-state index contributed by atoms with van der Waals surface area (Å²) in [5.74, 6) is 2.48. The molecule has 0 aliphatic heterocycles. The Bertz CT molecular complexity index is 294. The summed E-state index contributed by atoms with van der Waals surface area (Å²) in [6.07, 6.45) is 8.96. The predicted octanol–water partition coefficient (Wildman–Crippen LogP) is 4.72. The van der Waals surface area contributed by atoms with Gasteiger partial charge in [-0.3, -0.25) is 4.98 Å². The minimum Gasteiger partial charge on any atom is -0.265 e. The predicted molar refractivity (Wildman–Crippen MR) is 75.0 cm³/mol. The zero-order valence-corrected chi connectivity index (χ0v) is 11.8. The third kappa shape index (κ3) is 4.89. The summed E-state index contributed by atoms with van der Waals surface area (Å²) in [5, 5.41) is 0. The largest absolute Gasteiger partial charge is 0.265 e. The molecule has 0 fully saturated rings. The minimum atomic E-state index is 0.817. The van der Waals surface area contributed by atoms with Crippen LogP contribution in [0.3, 0.4) is 0 Å². The molecule has 0 aromatic carbocycles. The number of rotatable bonds is 7. The summed E-state index contributed by atoms with van der Waals surface area (Å²) in [4.78, 5) is 4.09. The zero-order chi connectivity index (χ0) is 12.7. The van der Waals surface area contributed by atoms with E-state index in [1.54, 1.807) is 0 Å². The monoisotopic (exact) mass is 233 g/mol. The lowest BCUT2D eigenvalue weighted by Gasteiger charge is -2.25. The quantitative estimate of drug-likeness (QED) is 0.664. The topological polar surface area (TPSA) is 12.9 Å². The average molecular weight is 233 g/mol. The van der Waals surface area contributed by atoms with Gasteiger partial charge in [-0.2, -0.15) is 0 Å². The molecule has 0 bridgehead atoms. The van der Waals surface area contributed by atoms with Gasteiger partial charge in [-0.05, 0) is 48.3 Å². The Kier molecular flexibility index (Phi) is 6.25. The van der Waals surface area contributed by atoms with E-state index in [2.05, 4.69) is 44.8 Å². The Morgan fingerprint density at radius 3 is 2.24 bits per heavy atom. The molecule has 1 rings (SSSR count). The molecular weight excluding hydrogens is 206 g/mol. The number of pyridine rings is 1. The fourth-order valence-corrected chi connectivity index (χ4v) is 2.36. The SMILES string of the molecule is CCC(C)CC(Cc1ccncc1)C(C)CC. The van der Waals surface area contributed by atoms with Crippen LogP contribution in [0.15, 0.2) is 24.5 Å². The van der Waals surface area contributed by atoms with E-state index in [0.717, 1.165) is 17.8 Å². The first kappa shape index (κ1) is 14.2. The van der Waals surface area contributed by atoms with Crippen LogP contribution in [-0.4, -0.2) is 4.98 Å². The van der Waals surface area contributed by atoms with Gasteiger partial charge >= 0.3 is 0 Å². The standard InChI is InChI=1S/C16H27N/c1-5-13(3)11-16(14(4)6-2)12-15-7-9-17-10-8-15/h7-10,13-14,16H,5-6,11-12H2,1-4H3. The smallest absolute Gasteiger partial charge is 0.0270 e. The van der Waals surface area contributed by atoms with Crippen molar-refractivity contribution in [2.45, 2.75) is 53.4 Å². The van der Waals surface area contributed by atoms with E-state index >= 15 is 0 Å². The first-order valence-corrected chi connectivity index (χ1v) is 7.06. The first-order chi connectivity index (χ1) is 8.17. The van der Waals surface area contributed by atoms with Crippen molar-refractivity contribution in [1.29, 1.82) is 0 Å². The van der Waals surface area contributed by atoms with Crippen molar-refractivity contribution in [2.24, 2.45) is 17.8 Å². The second kappa shape index (κ2) is 7.47. The van der Waals surface area contributed by atoms with E-state index in [-0.39, 0.29) is 0 Å². The molecule has 3 atom stereocenters. The van der Waals surface area contributed by atoms with Crippen LogP contribution in [0.25, 0.3) is 0 Å². The van der Waals surface area contributed by atoms with Crippen LogP contribution < -0.4 is 0 Å². The van der Waals surface area contributed by atoms with Crippen LogP contribution in [0.5, 0.6) is 0 Å². The lowest BCUT2D eigenvalue weighted by Crippen LogP contribution is -2.17. The van der Waals surface area contributed by atoms with Gasteiger partial charge < -0.3 is 0 Å². The van der Waals surface area contributed by atoms with Crippen LogP contribution in [0, 0.1) is 17.8 Å². The Morgan fingerprint density at radius 1 is 1.06 bits per heavy atom. The number of aromatic nitrogens is 1. The average Bonchev–Trinajstić information content (AvgIpc) is 2.38. The Balaban J connectivity index is 2.63. The lowest BCUT2D eigenvalue weighted by molar-refractivity contribution is 0.278. The molecule has 0 saturated heterocycles. The summed E-state index contributed by atoms with van der Waals surface area (Å²) in [5.41, 5.74) is 1.44. The molecular formula is C16H27N. The van der Waals surface area contributed by atoms with Crippen molar-refractivity contribution in [3.05, 3.63) is 30.1 Å². The van der Waals surface area contributed by atoms with Crippen LogP contribution in [0.4, 0.5) is 0 Å². The highest BCUT2D eigenvalue weighted by molar-refractivity contribution is 5.10. The maximum atomic E-state index is 4.09. The minimum absolute atomic E-state index is 0.817. The lowest BCUT2D eigenvalue weighted by atomic mass is 9.80. The van der Waals surface area contributed by atoms with Crippen LogP contribution >= 0.6 is 0 Å². The van der Waals surface area contributed by atoms with E-state index in [9.17, 15) is 0 Å². The number of hydrogen-bond donors (Lipinski definition) is 0. The normalized spacial score (nSPS) is 16.5. The molecule has 1 heteroatoms. The van der Waals surface area contributed by atoms with Crippen molar-refractivity contribution in [3.8, 4) is 0 Å². The molecule has 0 spiro atoms. The summed E-state index contributed by atoms with van der Waals surface area (Å²) in [7, 11) is 0. The van der Waals surface area contributed by atoms with E-state index in [0.29, 0.717) is 0 Å². The fraction of sp³-hybridized carbons (Fsp3) is 0.688. The molecule has 0 radical (unpaired) electrons. The van der Waals surface area contributed by atoms with Crippen molar-refractivity contribution >= 4 is 0 Å². The summed E-state index contributed by atoms with van der Waals surface area (Å²) >= 11 is 0. The van der Waals surface area contributed by atoms with Gasteiger partial charge in [0.15, 0.2) is 0 Å². The third-order valence-electron chi connectivity index (χ3n) is 4.10. The Hall–Kier alpha value is -0.850. The van der Waals surface area contributed by atoms with Crippen molar-refractivity contribution in [1.82, 2.24) is 4.98 Å². The number of nitrogens with zero attached hydrogens (tertiary/aromatic N) is 1. The maximum absolute atomic E-state index is 4.09. The molecule has 0 saturated carbocycles.